The van der Waals surface area contributed by atoms with E-state index in [0.717, 1.165) is 42.3 Å². The third-order valence-electron chi connectivity index (χ3n) is 4.53. The fraction of sp³-hybridized carbons (Fsp3) is 0.333. The molecule has 0 amide bonds. The number of hydrogen-bond donors (Lipinski definition) is 0. The van der Waals surface area contributed by atoms with Crippen molar-refractivity contribution in [1.29, 1.82) is 0 Å². The maximum absolute atomic E-state index is 5.45. The number of aryl methyl sites for hydroxylation is 1. The van der Waals surface area contributed by atoms with Crippen molar-refractivity contribution in [3.8, 4) is 11.5 Å². The van der Waals surface area contributed by atoms with E-state index in [1.165, 1.54) is 21.4 Å². The first-order chi connectivity index (χ1) is 11.7. The second kappa shape index (κ2) is 5.94. The molecular weight excluding hydrogens is 322 g/mol. The van der Waals surface area contributed by atoms with E-state index in [4.69, 9.17) is 9.47 Å². The molecule has 4 rings (SSSR count). The van der Waals surface area contributed by atoms with Gasteiger partial charge in [0.1, 0.15) is 12.1 Å². The predicted molar refractivity (Wildman–Crippen MR) is 96.5 cm³/mol. The van der Waals surface area contributed by atoms with Crippen molar-refractivity contribution in [3.05, 3.63) is 40.5 Å². The molecule has 3 heterocycles. The van der Waals surface area contributed by atoms with E-state index in [9.17, 15) is 0 Å². The van der Waals surface area contributed by atoms with Crippen molar-refractivity contribution in [2.45, 2.75) is 19.9 Å². The molecule has 124 valence electrons. The number of nitrogens with zero attached hydrogens (tertiary/aromatic N) is 3. The van der Waals surface area contributed by atoms with Crippen LogP contribution in [0, 0.1) is 6.92 Å². The Morgan fingerprint density at radius 3 is 2.58 bits per heavy atom. The van der Waals surface area contributed by atoms with E-state index >= 15 is 0 Å². The molecule has 0 radical (unpaired) electrons. The molecule has 24 heavy (non-hydrogen) atoms. The standard InChI is InChI=1S/C18H19N3O2S/c1-11-9-24-17-16(11)19-10-20-18(17)21-5-4-12-6-14(22-2)15(23-3)7-13(12)8-21/h6-7,9-10H,4-5,8H2,1-3H3. The van der Waals surface area contributed by atoms with Gasteiger partial charge in [-0.3, -0.25) is 0 Å². The average molecular weight is 341 g/mol. The molecule has 5 nitrogen and oxygen atoms in total. The van der Waals surface area contributed by atoms with E-state index in [0.29, 0.717) is 0 Å². The van der Waals surface area contributed by atoms with Crippen molar-refractivity contribution in [1.82, 2.24) is 9.97 Å². The Labute approximate surface area is 144 Å². The summed E-state index contributed by atoms with van der Waals surface area (Å²) in [5.41, 5.74) is 4.85. The minimum absolute atomic E-state index is 0.776. The molecule has 1 aliphatic heterocycles. The summed E-state index contributed by atoms with van der Waals surface area (Å²) in [5, 5.41) is 2.15. The number of ether oxygens (including phenoxy) is 2. The molecule has 0 aliphatic carbocycles. The highest BCUT2D eigenvalue weighted by Crippen LogP contribution is 2.36. The van der Waals surface area contributed by atoms with Crippen LogP contribution in [0.3, 0.4) is 0 Å². The molecular formula is C18H19N3O2S. The smallest absolute Gasteiger partial charge is 0.161 e. The monoisotopic (exact) mass is 341 g/mol. The van der Waals surface area contributed by atoms with Gasteiger partial charge in [-0.1, -0.05) is 0 Å². The molecule has 0 bridgehead atoms. The van der Waals surface area contributed by atoms with Gasteiger partial charge < -0.3 is 14.4 Å². The van der Waals surface area contributed by atoms with Gasteiger partial charge in [-0.05, 0) is 47.5 Å². The Bertz CT molecular complexity index is 907. The van der Waals surface area contributed by atoms with Crippen LogP contribution in [0.15, 0.2) is 23.8 Å². The highest BCUT2D eigenvalue weighted by Gasteiger charge is 2.22. The van der Waals surface area contributed by atoms with Crippen LogP contribution in [-0.2, 0) is 13.0 Å². The summed E-state index contributed by atoms with van der Waals surface area (Å²) in [7, 11) is 3.35. The van der Waals surface area contributed by atoms with Crippen molar-refractivity contribution >= 4 is 27.4 Å². The molecule has 0 saturated heterocycles. The lowest BCUT2D eigenvalue weighted by molar-refractivity contribution is 0.353. The molecule has 1 aliphatic rings. The van der Waals surface area contributed by atoms with Crippen molar-refractivity contribution in [2.75, 3.05) is 25.7 Å². The van der Waals surface area contributed by atoms with E-state index in [-0.39, 0.29) is 0 Å². The first-order valence-electron chi connectivity index (χ1n) is 7.88. The van der Waals surface area contributed by atoms with Crippen molar-refractivity contribution in [3.63, 3.8) is 0 Å². The third kappa shape index (κ3) is 2.38. The molecule has 0 fully saturated rings. The van der Waals surface area contributed by atoms with Gasteiger partial charge in [-0.15, -0.1) is 11.3 Å². The normalized spacial score (nSPS) is 13.9. The van der Waals surface area contributed by atoms with Crippen LogP contribution in [-0.4, -0.2) is 30.7 Å². The zero-order valence-electron chi connectivity index (χ0n) is 14.0. The van der Waals surface area contributed by atoms with Crippen molar-refractivity contribution in [2.24, 2.45) is 0 Å². The van der Waals surface area contributed by atoms with Gasteiger partial charge in [-0.25, -0.2) is 9.97 Å². The summed E-state index contributed by atoms with van der Waals surface area (Å²) in [4.78, 5) is 11.3. The zero-order valence-corrected chi connectivity index (χ0v) is 14.8. The van der Waals surface area contributed by atoms with Crippen LogP contribution in [0.2, 0.25) is 0 Å². The summed E-state index contributed by atoms with van der Waals surface area (Å²) in [5.74, 6) is 2.60. The second-order valence-electron chi connectivity index (χ2n) is 5.94. The summed E-state index contributed by atoms with van der Waals surface area (Å²) in [6, 6.07) is 4.18. The Balaban J connectivity index is 1.73. The number of anilines is 1. The molecule has 3 aromatic rings. The highest BCUT2D eigenvalue weighted by atomic mass is 32.1. The van der Waals surface area contributed by atoms with Crippen LogP contribution in [0.1, 0.15) is 16.7 Å². The van der Waals surface area contributed by atoms with Gasteiger partial charge in [0.05, 0.1) is 24.4 Å². The van der Waals surface area contributed by atoms with Gasteiger partial charge in [0.25, 0.3) is 0 Å². The Morgan fingerprint density at radius 1 is 1.08 bits per heavy atom. The SMILES string of the molecule is COc1cc2c(cc1OC)CN(c1ncnc3c(C)csc13)CC2. The summed E-state index contributed by atoms with van der Waals surface area (Å²) in [6.07, 6.45) is 2.63. The second-order valence-corrected chi connectivity index (χ2v) is 6.82. The molecule has 2 aromatic heterocycles. The van der Waals surface area contributed by atoms with Gasteiger partial charge in [0.2, 0.25) is 0 Å². The van der Waals surface area contributed by atoms with E-state index in [1.54, 1.807) is 31.9 Å². The average Bonchev–Trinajstić information content (AvgIpc) is 3.01. The van der Waals surface area contributed by atoms with Crippen LogP contribution in [0.25, 0.3) is 10.2 Å². The lowest BCUT2D eigenvalue weighted by Crippen LogP contribution is -2.31. The largest absolute Gasteiger partial charge is 0.493 e. The Morgan fingerprint density at radius 2 is 1.83 bits per heavy atom. The number of fused-ring (bicyclic) bond motifs is 2. The summed E-state index contributed by atoms with van der Waals surface area (Å²) >= 11 is 1.72. The predicted octanol–water partition coefficient (Wildman–Crippen LogP) is 3.58. The van der Waals surface area contributed by atoms with Crippen molar-refractivity contribution < 1.29 is 9.47 Å². The van der Waals surface area contributed by atoms with Crippen LogP contribution < -0.4 is 14.4 Å². The topological polar surface area (TPSA) is 47.5 Å². The maximum Gasteiger partial charge on any atom is 0.161 e. The lowest BCUT2D eigenvalue weighted by atomic mass is 9.99. The molecule has 0 N–H and O–H groups in total. The third-order valence-corrected chi connectivity index (χ3v) is 5.61. The van der Waals surface area contributed by atoms with E-state index in [1.807, 2.05) is 0 Å². The first-order valence-corrected chi connectivity index (χ1v) is 8.76. The summed E-state index contributed by atoms with van der Waals surface area (Å²) in [6.45, 7) is 3.85. The van der Waals surface area contributed by atoms with Crippen LogP contribution in [0.4, 0.5) is 5.82 Å². The number of hydrogen-bond acceptors (Lipinski definition) is 6. The lowest BCUT2D eigenvalue weighted by Gasteiger charge is -2.30. The number of methoxy groups -OCH3 is 2. The van der Waals surface area contributed by atoms with Gasteiger partial charge in [0.15, 0.2) is 11.5 Å². The molecule has 0 unspecified atom stereocenters. The number of benzene rings is 1. The Kier molecular flexibility index (Phi) is 3.76. The Hall–Kier alpha value is -2.34. The van der Waals surface area contributed by atoms with Crippen LogP contribution in [0.5, 0.6) is 11.5 Å². The summed E-state index contributed by atoms with van der Waals surface area (Å²) < 4.78 is 12.0. The van der Waals surface area contributed by atoms with Crippen LogP contribution >= 0.6 is 11.3 Å². The molecule has 1 aromatic carbocycles. The minimum atomic E-state index is 0.776. The molecule has 0 spiro atoms. The van der Waals surface area contributed by atoms with E-state index < -0.39 is 0 Å². The fourth-order valence-electron chi connectivity index (χ4n) is 3.25. The van der Waals surface area contributed by atoms with Gasteiger partial charge >= 0.3 is 0 Å². The number of thiophene rings is 1. The fourth-order valence-corrected chi connectivity index (χ4v) is 4.27. The number of aromatic nitrogens is 2. The quantitative estimate of drug-likeness (QED) is 0.729. The molecule has 0 atom stereocenters. The van der Waals surface area contributed by atoms with Gasteiger partial charge in [-0.2, -0.15) is 0 Å². The highest BCUT2D eigenvalue weighted by molar-refractivity contribution is 7.18. The maximum atomic E-state index is 5.45. The number of rotatable bonds is 3. The molecule has 6 heteroatoms. The van der Waals surface area contributed by atoms with E-state index in [2.05, 4.69) is 39.3 Å². The van der Waals surface area contributed by atoms with Gasteiger partial charge in [0, 0.05) is 13.1 Å². The first kappa shape index (κ1) is 15.2. The zero-order chi connectivity index (χ0) is 16.7. The minimum Gasteiger partial charge on any atom is -0.493 e. The molecule has 0 saturated carbocycles.